The summed E-state index contributed by atoms with van der Waals surface area (Å²) in [6.45, 7) is 6.40. The van der Waals surface area contributed by atoms with Crippen LogP contribution in [0.25, 0.3) is 0 Å². The molecular formula is C11H19N. The van der Waals surface area contributed by atoms with Crippen LogP contribution in [0.15, 0.2) is 16.6 Å². The number of hydrogen-bond donors (Lipinski definition) is 0. The first-order valence-corrected chi connectivity index (χ1v) is 4.82. The minimum absolute atomic E-state index is 0.0816. The van der Waals surface area contributed by atoms with E-state index in [2.05, 4.69) is 38.1 Å². The van der Waals surface area contributed by atoms with Crippen LogP contribution in [0.2, 0.25) is 0 Å². The van der Waals surface area contributed by atoms with Crippen molar-refractivity contribution in [1.29, 1.82) is 0 Å². The van der Waals surface area contributed by atoms with Gasteiger partial charge in [0.2, 0.25) is 0 Å². The van der Waals surface area contributed by atoms with Crippen LogP contribution >= 0.6 is 0 Å². The van der Waals surface area contributed by atoms with E-state index in [9.17, 15) is 0 Å². The third kappa shape index (κ3) is 3.70. The second kappa shape index (κ2) is 3.88. The van der Waals surface area contributed by atoms with Crippen LogP contribution in [0.3, 0.4) is 0 Å². The van der Waals surface area contributed by atoms with Gasteiger partial charge in [-0.1, -0.05) is 6.08 Å². The van der Waals surface area contributed by atoms with Crippen molar-refractivity contribution in [3.63, 3.8) is 0 Å². The fourth-order valence-corrected chi connectivity index (χ4v) is 1.26. The van der Waals surface area contributed by atoms with Crippen LogP contribution in [-0.2, 0) is 0 Å². The van der Waals surface area contributed by atoms with Crippen molar-refractivity contribution in [2.75, 3.05) is 0 Å². The molecule has 12 heavy (non-hydrogen) atoms. The zero-order valence-electron chi connectivity index (χ0n) is 8.43. The Kier molecular flexibility index (Phi) is 3.07. The standard InChI is InChI=1S/C11H19N/c1-11(2,3)12-9-10-7-5-4-6-8-10/h7,9H,4-6,8H2,1-3H3. The Labute approximate surface area is 75.6 Å². The van der Waals surface area contributed by atoms with Gasteiger partial charge in [0.25, 0.3) is 0 Å². The molecule has 1 aliphatic carbocycles. The highest BCUT2D eigenvalue weighted by Crippen LogP contribution is 2.16. The summed E-state index contributed by atoms with van der Waals surface area (Å²) in [5, 5.41) is 0. The Bertz CT molecular complexity index is 194. The highest BCUT2D eigenvalue weighted by atomic mass is 14.8. The fourth-order valence-electron chi connectivity index (χ4n) is 1.26. The molecule has 0 bridgehead atoms. The van der Waals surface area contributed by atoms with Gasteiger partial charge >= 0.3 is 0 Å². The summed E-state index contributed by atoms with van der Waals surface area (Å²) in [6.07, 6.45) is 9.53. The number of allylic oxidation sites excluding steroid dienone is 2. The fraction of sp³-hybridized carbons (Fsp3) is 0.727. The van der Waals surface area contributed by atoms with Crippen molar-refractivity contribution >= 4 is 6.21 Å². The third-order valence-corrected chi connectivity index (χ3v) is 1.94. The van der Waals surface area contributed by atoms with Gasteiger partial charge in [0.15, 0.2) is 0 Å². The van der Waals surface area contributed by atoms with Crippen molar-refractivity contribution in [2.24, 2.45) is 4.99 Å². The van der Waals surface area contributed by atoms with Crippen molar-refractivity contribution in [3.8, 4) is 0 Å². The molecule has 0 radical (unpaired) electrons. The van der Waals surface area contributed by atoms with Crippen LogP contribution in [0.1, 0.15) is 46.5 Å². The van der Waals surface area contributed by atoms with Crippen LogP contribution in [0.5, 0.6) is 0 Å². The number of rotatable bonds is 1. The first-order valence-electron chi connectivity index (χ1n) is 4.82. The van der Waals surface area contributed by atoms with E-state index in [0.717, 1.165) is 0 Å². The maximum atomic E-state index is 4.49. The Morgan fingerprint density at radius 2 is 2.08 bits per heavy atom. The molecule has 0 amide bonds. The summed E-state index contributed by atoms with van der Waals surface area (Å²) in [7, 11) is 0. The van der Waals surface area contributed by atoms with Crippen LogP contribution in [0.4, 0.5) is 0 Å². The molecule has 0 unspecified atom stereocenters. The van der Waals surface area contributed by atoms with Gasteiger partial charge in [-0.05, 0) is 52.0 Å². The second-order valence-electron chi connectivity index (χ2n) is 4.45. The van der Waals surface area contributed by atoms with Crippen LogP contribution in [-0.4, -0.2) is 11.8 Å². The lowest BCUT2D eigenvalue weighted by atomic mass is 10.0. The van der Waals surface area contributed by atoms with Gasteiger partial charge < -0.3 is 0 Å². The average Bonchev–Trinajstić information content (AvgIpc) is 2.02. The normalized spacial score (nSPS) is 19.8. The summed E-state index contributed by atoms with van der Waals surface area (Å²) in [5.41, 5.74) is 1.51. The van der Waals surface area contributed by atoms with Gasteiger partial charge in [-0.2, -0.15) is 0 Å². The van der Waals surface area contributed by atoms with Crippen LogP contribution in [0, 0.1) is 0 Å². The molecule has 0 atom stereocenters. The first kappa shape index (κ1) is 9.50. The topological polar surface area (TPSA) is 12.4 Å². The molecular weight excluding hydrogens is 146 g/mol. The highest BCUT2D eigenvalue weighted by Gasteiger charge is 2.06. The predicted molar refractivity (Wildman–Crippen MR) is 54.8 cm³/mol. The Hall–Kier alpha value is -0.590. The molecule has 1 aliphatic rings. The van der Waals surface area contributed by atoms with Gasteiger partial charge in [0.05, 0.1) is 5.54 Å². The van der Waals surface area contributed by atoms with E-state index < -0.39 is 0 Å². The summed E-state index contributed by atoms with van der Waals surface area (Å²) >= 11 is 0. The molecule has 0 N–H and O–H groups in total. The van der Waals surface area contributed by atoms with E-state index in [1.54, 1.807) is 0 Å². The van der Waals surface area contributed by atoms with Crippen molar-refractivity contribution in [1.82, 2.24) is 0 Å². The second-order valence-corrected chi connectivity index (χ2v) is 4.45. The zero-order chi connectivity index (χ0) is 9.03. The smallest absolute Gasteiger partial charge is 0.0524 e. The molecule has 68 valence electrons. The molecule has 0 aliphatic heterocycles. The van der Waals surface area contributed by atoms with E-state index >= 15 is 0 Å². The van der Waals surface area contributed by atoms with Gasteiger partial charge in [0, 0.05) is 6.21 Å². The van der Waals surface area contributed by atoms with E-state index in [1.807, 2.05) is 0 Å². The minimum Gasteiger partial charge on any atom is -0.287 e. The molecule has 0 saturated carbocycles. The number of hydrogen-bond acceptors (Lipinski definition) is 1. The summed E-state index contributed by atoms with van der Waals surface area (Å²) in [4.78, 5) is 4.49. The monoisotopic (exact) mass is 165 g/mol. The lowest BCUT2D eigenvalue weighted by Gasteiger charge is -2.13. The molecule has 0 aromatic heterocycles. The maximum absolute atomic E-state index is 4.49. The Morgan fingerprint density at radius 1 is 1.33 bits per heavy atom. The van der Waals surface area contributed by atoms with Crippen molar-refractivity contribution in [2.45, 2.75) is 52.0 Å². The summed E-state index contributed by atoms with van der Waals surface area (Å²) in [5.74, 6) is 0. The van der Waals surface area contributed by atoms with Gasteiger partial charge in [-0.25, -0.2) is 0 Å². The molecule has 0 spiro atoms. The van der Waals surface area contributed by atoms with Crippen LogP contribution < -0.4 is 0 Å². The Morgan fingerprint density at radius 3 is 2.58 bits per heavy atom. The SMILES string of the molecule is CC(C)(C)N=CC1=CCCCC1. The quantitative estimate of drug-likeness (QED) is 0.528. The zero-order valence-corrected chi connectivity index (χ0v) is 8.43. The number of aliphatic imine (C=N–C) groups is 1. The molecule has 0 aromatic rings. The molecule has 1 rings (SSSR count). The average molecular weight is 165 g/mol. The predicted octanol–water partition coefficient (Wildman–Crippen LogP) is 3.36. The van der Waals surface area contributed by atoms with Crippen molar-refractivity contribution in [3.05, 3.63) is 11.6 Å². The molecule has 1 nitrogen and oxygen atoms in total. The molecule has 0 heterocycles. The van der Waals surface area contributed by atoms with E-state index in [4.69, 9.17) is 0 Å². The highest BCUT2D eigenvalue weighted by molar-refractivity contribution is 5.78. The van der Waals surface area contributed by atoms with Crippen molar-refractivity contribution < 1.29 is 0 Å². The van der Waals surface area contributed by atoms with Gasteiger partial charge in [-0.3, -0.25) is 4.99 Å². The van der Waals surface area contributed by atoms with E-state index in [-0.39, 0.29) is 5.54 Å². The largest absolute Gasteiger partial charge is 0.287 e. The molecule has 1 heteroatoms. The van der Waals surface area contributed by atoms with E-state index in [0.29, 0.717) is 0 Å². The first-order chi connectivity index (χ1) is 5.58. The minimum atomic E-state index is 0.0816. The van der Waals surface area contributed by atoms with Gasteiger partial charge in [-0.15, -0.1) is 0 Å². The van der Waals surface area contributed by atoms with E-state index in [1.165, 1.54) is 31.3 Å². The van der Waals surface area contributed by atoms with Gasteiger partial charge in [0.1, 0.15) is 0 Å². The Balaban J connectivity index is 2.49. The number of nitrogens with zero attached hydrogens (tertiary/aromatic N) is 1. The summed E-state index contributed by atoms with van der Waals surface area (Å²) in [6, 6.07) is 0. The lowest BCUT2D eigenvalue weighted by molar-refractivity contribution is 0.585. The third-order valence-electron chi connectivity index (χ3n) is 1.94. The maximum Gasteiger partial charge on any atom is 0.0524 e. The molecule has 0 aromatic carbocycles. The summed E-state index contributed by atoms with van der Waals surface area (Å²) < 4.78 is 0. The molecule has 0 saturated heterocycles. The lowest BCUT2D eigenvalue weighted by Crippen LogP contribution is -2.10. The molecule has 0 fully saturated rings.